The van der Waals surface area contributed by atoms with Crippen molar-refractivity contribution in [3.05, 3.63) is 30.1 Å². The predicted molar refractivity (Wildman–Crippen MR) is 79.8 cm³/mol. The Kier molecular flexibility index (Phi) is 4.68. The normalized spacial score (nSPS) is 22.7. The molecule has 22 heavy (non-hydrogen) atoms. The van der Waals surface area contributed by atoms with Crippen molar-refractivity contribution in [1.82, 2.24) is 14.8 Å². The van der Waals surface area contributed by atoms with Gasteiger partial charge in [0.05, 0.1) is 24.8 Å². The van der Waals surface area contributed by atoms with Crippen molar-refractivity contribution < 1.29 is 14.3 Å². The van der Waals surface area contributed by atoms with E-state index in [9.17, 15) is 9.59 Å². The van der Waals surface area contributed by atoms with Crippen LogP contribution in [0.5, 0.6) is 0 Å². The van der Waals surface area contributed by atoms with Gasteiger partial charge in [0, 0.05) is 38.9 Å². The summed E-state index contributed by atoms with van der Waals surface area (Å²) in [5, 5.41) is 0. The lowest BCUT2D eigenvalue weighted by atomic mass is 10.1. The van der Waals surface area contributed by atoms with Crippen LogP contribution in [0.4, 0.5) is 0 Å². The van der Waals surface area contributed by atoms with Crippen LogP contribution in [0.3, 0.4) is 0 Å². The number of rotatable bonds is 3. The molecule has 0 radical (unpaired) electrons. The molecule has 0 bridgehead atoms. The van der Waals surface area contributed by atoms with Gasteiger partial charge >= 0.3 is 0 Å². The summed E-state index contributed by atoms with van der Waals surface area (Å²) in [6.45, 7) is 3.62. The third-order valence-corrected chi connectivity index (χ3v) is 4.18. The van der Waals surface area contributed by atoms with E-state index in [1.54, 1.807) is 11.1 Å². The highest BCUT2D eigenvalue weighted by atomic mass is 16.5. The van der Waals surface area contributed by atoms with E-state index in [4.69, 9.17) is 4.74 Å². The zero-order valence-electron chi connectivity index (χ0n) is 12.6. The summed E-state index contributed by atoms with van der Waals surface area (Å²) in [6.07, 6.45) is 2.89. The molecule has 1 aromatic rings. The molecule has 0 aromatic carbocycles. The van der Waals surface area contributed by atoms with Crippen molar-refractivity contribution in [2.45, 2.75) is 19.4 Å². The fraction of sp³-hybridized carbons (Fsp3) is 0.562. The van der Waals surface area contributed by atoms with Crippen LogP contribution in [0.1, 0.15) is 18.5 Å². The molecule has 2 aliphatic heterocycles. The number of carbonyl (C=O) groups excluding carboxylic acids is 2. The summed E-state index contributed by atoms with van der Waals surface area (Å²) < 4.78 is 5.38. The van der Waals surface area contributed by atoms with E-state index in [0.717, 1.165) is 18.7 Å². The molecule has 1 aromatic heterocycles. The molecular weight excluding hydrogens is 282 g/mol. The fourth-order valence-electron chi connectivity index (χ4n) is 3.00. The number of carbonyl (C=O) groups is 2. The van der Waals surface area contributed by atoms with Gasteiger partial charge in [0.1, 0.15) is 0 Å². The van der Waals surface area contributed by atoms with Gasteiger partial charge in [-0.3, -0.25) is 14.6 Å². The van der Waals surface area contributed by atoms with Crippen LogP contribution in [0.15, 0.2) is 24.4 Å². The molecule has 0 aliphatic carbocycles. The molecular formula is C16H21N3O3. The van der Waals surface area contributed by atoms with E-state index >= 15 is 0 Å². The molecule has 2 fully saturated rings. The number of hydrogen-bond acceptors (Lipinski definition) is 4. The SMILES string of the molecule is O=C1CC(C(=O)N2CCCOCC2)CN1Cc1ccccn1. The lowest BCUT2D eigenvalue weighted by Crippen LogP contribution is -2.38. The Balaban J connectivity index is 1.60. The number of aromatic nitrogens is 1. The Bertz CT molecular complexity index is 527. The standard InChI is InChI=1S/C16H21N3O3/c20-15-10-13(16(21)18-6-3-8-22-9-7-18)11-19(15)12-14-4-1-2-5-17-14/h1-2,4-5,13H,3,6-12H2. The van der Waals surface area contributed by atoms with Gasteiger partial charge in [-0.05, 0) is 18.6 Å². The Morgan fingerprint density at radius 2 is 2.23 bits per heavy atom. The van der Waals surface area contributed by atoms with Crippen LogP contribution in [-0.2, 0) is 20.9 Å². The van der Waals surface area contributed by atoms with Crippen molar-refractivity contribution >= 4 is 11.8 Å². The molecule has 1 unspecified atom stereocenters. The van der Waals surface area contributed by atoms with Gasteiger partial charge in [-0.1, -0.05) is 6.07 Å². The summed E-state index contributed by atoms with van der Waals surface area (Å²) in [6, 6.07) is 5.65. The Morgan fingerprint density at radius 1 is 1.32 bits per heavy atom. The van der Waals surface area contributed by atoms with E-state index in [2.05, 4.69) is 4.98 Å². The number of likely N-dealkylation sites (tertiary alicyclic amines) is 1. The highest BCUT2D eigenvalue weighted by molar-refractivity contribution is 5.89. The van der Waals surface area contributed by atoms with Gasteiger partial charge in [-0.25, -0.2) is 0 Å². The smallest absolute Gasteiger partial charge is 0.228 e. The maximum Gasteiger partial charge on any atom is 0.228 e. The van der Waals surface area contributed by atoms with E-state index in [1.165, 1.54) is 0 Å². The van der Waals surface area contributed by atoms with Crippen molar-refractivity contribution in [3.8, 4) is 0 Å². The van der Waals surface area contributed by atoms with E-state index in [1.807, 2.05) is 23.1 Å². The number of ether oxygens (including phenoxy) is 1. The van der Waals surface area contributed by atoms with Crippen LogP contribution >= 0.6 is 0 Å². The van der Waals surface area contributed by atoms with E-state index < -0.39 is 0 Å². The highest BCUT2D eigenvalue weighted by Gasteiger charge is 2.36. The van der Waals surface area contributed by atoms with Gasteiger partial charge in [-0.15, -0.1) is 0 Å². The average Bonchev–Trinajstić information content (AvgIpc) is 2.76. The number of pyridine rings is 1. The lowest BCUT2D eigenvalue weighted by molar-refractivity contribution is -0.135. The molecule has 3 heterocycles. The minimum atomic E-state index is -0.227. The maximum atomic E-state index is 12.6. The monoisotopic (exact) mass is 303 g/mol. The largest absolute Gasteiger partial charge is 0.380 e. The van der Waals surface area contributed by atoms with Crippen LogP contribution in [-0.4, -0.2) is 59.4 Å². The molecule has 3 rings (SSSR count). The van der Waals surface area contributed by atoms with Crippen LogP contribution in [0, 0.1) is 5.92 Å². The first kappa shape index (κ1) is 15.0. The number of nitrogens with zero attached hydrogens (tertiary/aromatic N) is 3. The fourth-order valence-corrected chi connectivity index (χ4v) is 3.00. The lowest BCUT2D eigenvalue weighted by Gasteiger charge is -2.23. The molecule has 0 saturated carbocycles. The summed E-state index contributed by atoms with van der Waals surface area (Å²) in [7, 11) is 0. The molecule has 2 amide bonds. The molecule has 1 atom stereocenters. The number of amides is 2. The zero-order valence-corrected chi connectivity index (χ0v) is 12.6. The van der Waals surface area contributed by atoms with Gasteiger partial charge in [0.25, 0.3) is 0 Å². The predicted octanol–water partition coefficient (Wildman–Crippen LogP) is 0.679. The zero-order chi connectivity index (χ0) is 15.4. The number of hydrogen-bond donors (Lipinski definition) is 0. The Labute approximate surface area is 130 Å². The summed E-state index contributed by atoms with van der Waals surface area (Å²) >= 11 is 0. The summed E-state index contributed by atoms with van der Waals surface area (Å²) in [4.78, 5) is 32.5. The maximum absolute atomic E-state index is 12.6. The summed E-state index contributed by atoms with van der Waals surface area (Å²) in [5.74, 6) is -0.105. The molecule has 0 spiro atoms. The van der Waals surface area contributed by atoms with Crippen molar-refractivity contribution in [1.29, 1.82) is 0 Å². The second-order valence-electron chi connectivity index (χ2n) is 5.79. The molecule has 2 saturated heterocycles. The molecule has 0 N–H and O–H groups in total. The van der Waals surface area contributed by atoms with Crippen molar-refractivity contribution in [2.75, 3.05) is 32.8 Å². The molecule has 2 aliphatic rings. The second-order valence-corrected chi connectivity index (χ2v) is 5.79. The Hall–Kier alpha value is -1.95. The minimum absolute atomic E-state index is 0.0371. The van der Waals surface area contributed by atoms with Crippen LogP contribution in [0.25, 0.3) is 0 Å². The van der Waals surface area contributed by atoms with Gasteiger partial charge < -0.3 is 14.5 Å². The highest BCUT2D eigenvalue weighted by Crippen LogP contribution is 2.22. The second kappa shape index (κ2) is 6.87. The third-order valence-electron chi connectivity index (χ3n) is 4.18. The first-order valence-electron chi connectivity index (χ1n) is 7.78. The molecule has 6 nitrogen and oxygen atoms in total. The average molecular weight is 303 g/mol. The van der Waals surface area contributed by atoms with E-state index in [0.29, 0.717) is 39.3 Å². The topological polar surface area (TPSA) is 62.7 Å². The third kappa shape index (κ3) is 3.44. The first-order chi connectivity index (χ1) is 10.7. The Morgan fingerprint density at radius 3 is 3.05 bits per heavy atom. The van der Waals surface area contributed by atoms with Crippen LogP contribution in [0.2, 0.25) is 0 Å². The van der Waals surface area contributed by atoms with E-state index in [-0.39, 0.29) is 17.7 Å². The quantitative estimate of drug-likeness (QED) is 0.824. The van der Waals surface area contributed by atoms with Crippen LogP contribution < -0.4 is 0 Å². The minimum Gasteiger partial charge on any atom is -0.380 e. The molecule has 118 valence electrons. The van der Waals surface area contributed by atoms with Crippen molar-refractivity contribution in [3.63, 3.8) is 0 Å². The van der Waals surface area contributed by atoms with Crippen molar-refractivity contribution in [2.24, 2.45) is 5.92 Å². The summed E-state index contributed by atoms with van der Waals surface area (Å²) in [5.41, 5.74) is 0.854. The molecule has 6 heteroatoms. The van der Waals surface area contributed by atoms with Gasteiger partial charge in [0.2, 0.25) is 11.8 Å². The first-order valence-corrected chi connectivity index (χ1v) is 7.78. The van der Waals surface area contributed by atoms with Gasteiger partial charge in [0.15, 0.2) is 0 Å². The van der Waals surface area contributed by atoms with Gasteiger partial charge in [-0.2, -0.15) is 0 Å².